The zero-order valence-corrected chi connectivity index (χ0v) is 14.7. The van der Waals surface area contributed by atoms with Crippen molar-refractivity contribution in [1.29, 1.82) is 0 Å². The van der Waals surface area contributed by atoms with Crippen LogP contribution in [0.15, 0.2) is 48.5 Å². The quantitative estimate of drug-likeness (QED) is 0.485. The van der Waals surface area contributed by atoms with Gasteiger partial charge < -0.3 is 9.55 Å². The summed E-state index contributed by atoms with van der Waals surface area (Å²) in [6.45, 7) is 0.897. The Balaban J connectivity index is 1.29. The Morgan fingerprint density at radius 3 is 3.08 bits per heavy atom. The summed E-state index contributed by atoms with van der Waals surface area (Å²) in [5, 5.41) is 8.01. The summed E-state index contributed by atoms with van der Waals surface area (Å²) in [6, 6.07) is 5.13. The molecule has 0 aliphatic rings. The highest BCUT2D eigenvalue weighted by Crippen LogP contribution is 2.18. The third kappa shape index (κ3) is 3.89. The molecule has 0 unspecified atom stereocenters. The zero-order valence-electron chi connectivity index (χ0n) is 13.8. The summed E-state index contributed by atoms with van der Waals surface area (Å²) >= 11 is 1.41. The lowest BCUT2D eigenvalue weighted by molar-refractivity contribution is 0.262. The molecule has 3 N–H and O–H groups in total. The Kier molecular flexibility index (Phi) is 4.61. The molecule has 0 radical (unpaired) electrons. The Labute approximate surface area is 153 Å². The maximum absolute atomic E-state index is 12.1. The van der Waals surface area contributed by atoms with Crippen molar-refractivity contribution >= 4 is 39.4 Å². The highest BCUT2D eigenvalue weighted by Gasteiger charge is 2.08. The summed E-state index contributed by atoms with van der Waals surface area (Å²) in [4.78, 5) is 28.0. The molecular formula is C17H17N7OS. The molecule has 8 nitrogen and oxygen atoms in total. The van der Waals surface area contributed by atoms with Gasteiger partial charge in [-0.2, -0.15) is 0 Å². The number of nitrogens with one attached hydrogen (secondary N) is 3. The van der Waals surface area contributed by atoms with Crippen LogP contribution in [-0.2, 0) is 13.0 Å². The summed E-state index contributed by atoms with van der Waals surface area (Å²) in [5.74, 6) is 0.492. The van der Waals surface area contributed by atoms with Gasteiger partial charge in [-0.25, -0.2) is 19.7 Å². The third-order valence-corrected chi connectivity index (χ3v) is 4.63. The number of fused-ring (bicyclic) bond motifs is 1. The van der Waals surface area contributed by atoms with Gasteiger partial charge in [-0.15, -0.1) is 11.3 Å². The second-order valence-electron chi connectivity index (χ2n) is 5.73. The van der Waals surface area contributed by atoms with Gasteiger partial charge in [-0.05, 0) is 31.0 Å². The number of aromatic nitrogens is 5. The van der Waals surface area contributed by atoms with Gasteiger partial charge in [-0.3, -0.25) is 10.6 Å². The minimum absolute atomic E-state index is 0.355. The third-order valence-electron chi connectivity index (χ3n) is 3.83. The van der Waals surface area contributed by atoms with Gasteiger partial charge in [0, 0.05) is 30.5 Å². The lowest BCUT2D eigenvalue weighted by Crippen LogP contribution is -2.20. The normalized spacial score (nSPS) is 10.9. The number of urea groups is 1. The summed E-state index contributed by atoms with van der Waals surface area (Å²) in [5.41, 5.74) is 2.70. The summed E-state index contributed by atoms with van der Waals surface area (Å²) in [6.07, 6.45) is 9.14. The molecule has 9 heteroatoms. The number of aryl methyl sites for hydroxylation is 2. The fraction of sp³-hybridized carbons (Fsp3) is 0.176. The van der Waals surface area contributed by atoms with E-state index in [1.165, 1.54) is 11.3 Å². The number of rotatable bonds is 6. The predicted octanol–water partition coefficient (Wildman–Crippen LogP) is 3.49. The molecule has 26 heavy (non-hydrogen) atoms. The molecule has 0 aliphatic carbocycles. The highest BCUT2D eigenvalue weighted by atomic mass is 32.1. The molecule has 0 bridgehead atoms. The molecule has 4 aromatic rings. The van der Waals surface area contributed by atoms with Gasteiger partial charge in [0.25, 0.3) is 0 Å². The van der Waals surface area contributed by atoms with Crippen molar-refractivity contribution < 1.29 is 4.79 Å². The lowest BCUT2D eigenvalue weighted by atomic mass is 10.2. The molecule has 0 saturated heterocycles. The highest BCUT2D eigenvalue weighted by molar-refractivity contribution is 7.13. The Bertz CT molecular complexity index is 1010. The first-order valence-electron chi connectivity index (χ1n) is 8.18. The van der Waals surface area contributed by atoms with Crippen LogP contribution in [0.5, 0.6) is 0 Å². The Morgan fingerprint density at radius 1 is 1.23 bits per heavy atom. The molecule has 0 atom stereocenters. The fourth-order valence-corrected chi connectivity index (χ4v) is 3.33. The Morgan fingerprint density at radius 2 is 2.19 bits per heavy atom. The number of nitrogens with zero attached hydrogens (tertiary/aromatic N) is 4. The molecule has 0 spiro atoms. The average molecular weight is 367 g/mol. The average Bonchev–Trinajstić information content (AvgIpc) is 3.36. The lowest BCUT2D eigenvalue weighted by Gasteiger charge is -2.04. The van der Waals surface area contributed by atoms with Crippen LogP contribution in [0.3, 0.4) is 0 Å². The second kappa shape index (κ2) is 7.36. The summed E-state index contributed by atoms with van der Waals surface area (Å²) < 4.78 is 2.04. The number of anilines is 2. The molecular weight excluding hydrogens is 350 g/mol. The van der Waals surface area contributed by atoms with E-state index in [2.05, 4.69) is 30.6 Å². The van der Waals surface area contributed by atoms with Gasteiger partial charge in [-0.1, -0.05) is 0 Å². The van der Waals surface area contributed by atoms with Gasteiger partial charge in [0.05, 0.1) is 23.1 Å². The molecule has 0 aliphatic heterocycles. The smallest absolute Gasteiger partial charge is 0.326 e. The van der Waals surface area contributed by atoms with E-state index in [0.717, 1.165) is 36.1 Å². The van der Waals surface area contributed by atoms with Crippen molar-refractivity contribution in [2.24, 2.45) is 0 Å². The van der Waals surface area contributed by atoms with E-state index in [1.54, 1.807) is 18.6 Å². The van der Waals surface area contributed by atoms with Crippen LogP contribution in [-0.4, -0.2) is 30.5 Å². The number of aromatic amines is 1. The fourth-order valence-electron chi connectivity index (χ4n) is 2.59. The topological polar surface area (TPSA) is 101 Å². The van der Waals surface area contributed by atoms with E-state index >= 15 is 0 Å². The van der Waals surface area contributed by atoms with Crippen molar-refractivity contribution in [3.8, 4) is 0 Å². The SMILES string of the molecule is O=C(Nc1ccc2[nH]ccc2n1)Nc1nc(CCCn2ccnc2)cs1. The van der Waals surface area contributed by atoms with Crippen LogP contribution < -0.4 is 10.6 Å². The number of thiazole rings is 1. The van der Waals surface area contributed by atoms with E-state index in [1.807, 2.05) is 34.5 Å². The first kappa shape index (κ1) is 16.3. The first-order chi connectivity index (χ1) is 12.8. The second-order valence-corrected chi connectivity index (χ2v) is 6.59. The number of carbonyl (C=O) groups excluding carboxylic acids is 1. The van der Waals surface area contributed by atoms with Crippen molar-refractivity contribution in [3.63, 3.8) is 0 Å². The number of hydrogen-bond donors (Lipinski definition) is 3. The largest absolute Gasteiger partial charge is 0.360 e. The molecule has 0 fully saturated rings. The number of hydrogen-bond acceptors (Lipinski definition) is 5. The van der Waals surface area contributed by atoms with Crippen LogP contribution >= 0.6 is 11.3 Å². The number of carbonyl (C=O) groups is 1. The molecule has 4 aromatic heterocycles. The van der Waals surface area contributed by atoms with Gasteiger partial charge in [0.15, 0.2) is 5.13 Å². The number of imidazole rings is 1. The number of amides is 2. The van der Waals surface area contributed by atoms with Crippen molar-refractivity contribution in [2.75, 3.05) is 10.6 Å². The molecule has 2 amide bonds. The van der Waals surface area contributed by atoms with Gasteiger partial charge in [0.1, 0.15) is 5.82 Å². The molecule has 4 rings (SSSR count). The van der Waals surface area contributed by atoms with E-state index in [4.69, 9.17) is 0 Å². The van der Waals surface area contributed by atoms with Crippen LogP contribution in [0.25, 0.3) is 11.0 Å². The maximum atomic E-state index is 12.1. The van der Waals surface area contributed by atoms with Crippen LogP contribution in [0.1, 0.15) is 12.1 Å². The summed E-state index contributed by atoms with van der Waals surface area (Å²) in [7, 11) is 0. The number of pyridine rings is 1. The standard InChI is InChI=1S/C17H17N7OS/c25-16(22-15-4-3-13-14(21-15)5-6-19-13)23-17-20-12(10-26-17)2-1-8-24-9-7-18-11-24/h3-7,9-11,19H,1-2,8H2,(H2,20,21,22,23,25). The monoisotopic (exact) mass is 367 g/mol. The van der Waals surface area contributed by atoms with E-state index in [0.29, 0.717) is 10.9 Å². The van der Waals surface area contributed by atoms with Crippen LogP contribution in [0.4, 0.5) is 15.7 Å². The van der Waals surface area contributed by atoms with E-state index in [9.17, 15) is 4.79 Å². The number of H-pyrrole nitrogens is 1. The van der Waals surface area contributed by atoms with E-state index < -0.39 is 0 Å². The van der Waals surface area contributed by atoms with Gasteiger partial charge >= 0.3 is 6.03 Å². The van der Waals surface area contributed by atoms with Crippen LogP contribution in [0, 0.1) is 0 Å². The molecule has 4 heterocycles. The van der Waals surface area contributed by atoms with E-state index in [-0.39, 0.29) is 6.03 Å². The van der Waals surface area contributed by atoms with Crippen molar-refractivity contribution in [2.45, 2.75) is 19.4 Å². The minimum Gasteiger partial charge on any atom is -0.360 e. The molecule has 0 aromatic carbocycles. The minimum atomic E-state index is -0.355. The Hall–Kier alpha value is -3.20. The van der Waals surface area contributed by atoms with Crippen LogP contribution in [0.2, 0.25) is 0 Å². The maximum Gasteiger partial charge on any atom is 0.326 e. The molecule has 0 saturated carbocycles. The van der Waals surface area contributed by atoms with Crippen molar-refractivity contribution in [3.05, 3.63) is 54.2 Å². The first-order valence-corrected chi connectivity index (χ1v) is 9.06. The zero-order chi connectivity index (χ0) is 17.8. The molecule has 132 valence electrons. The predicted molar refractivity (Wildman–Crippen MR) is 101 cm³/mol. The van der Waals surface area contributed by atoms with Gasteiger partial charge in [0.2, 0.25) is 0 Å². The van der Waals surface area contributed by atoms with Crippen molar-refractivity contribution in [1.82, 2.24) is 24.5 Å².